The molecule has 100 valence electrons. The Balaban J connectivity index is 1.94. The summed E-state index contributed by atoms with van der Waals surface area (Å²) < 4.78 is 0. The van der Waals surface area contributed by atoms with Crippen LogP contribution >= 0.6 is 0 Å². The van der Waals surface area contributed by atoms with Gasteiger partial charge in [0.25, 0.3) is 0 Å². The van der Waals surface area contributed by atoms with Crippen LogP contribution < -0.4 is 5.73 Å². The molecule has 0 bridgehead atoms. The number of aryl methyl sites for hydroxylation is 1. The number of rotatable bonds is 3. The monoisotopic (exact) mass is 262 g/mol. The molecule has 1 unspecified atom stereocenters. The van der Waals surface area contributed by atoms with Crippen molar-refractivity contribution in [1.29, 1.82) is 0 Å². The fourth-order valence-corrected chi connectivity index (χ4v) is 2.64. The molecule has 0 fully saturated rings. The first-order valence-corrected chi connectivity index (χ1v) is 6.89. The van der Waals surface area contributed by atoms with Crippen molar-refractivity contribution in [2.24, 2.45) is 5.73 Å². The van der Waals surface area contributed by atoms with Crippen LogP contribution in [0, 0.1) is 6.92 Å². The van der Waals surface area contributed by atoms with E-state index in [1.54, 1.807) is 0 Å². The first kappa shape index (κ1) is 12.8. The van der Waals surface area contributed by atoms with Crippen LogP contribution in [-0.2, 0) is 6.42 Å². The van der Waals surface area contributed by atoms with Crippen LogP contribution in [0.3, 0.4) is 0 Å². The first-order chi connectivity index (χ1) is 9.74. The zero-order chi connectivity index (χ0) is 13.9. The van der Waals surface area contributed by atoms with Crippen molar-refractivity contribution in [2.45, 2.75) is 19.4 Å². The van der Waals surface area contributed by atoms with Crippen LogP contribution in [0.2, 0.25) is 0 Å². The van der Waals surface area contributed by atoms with E-state index in [1.807, 2.05) is 30.5 Å². The van der Waals surface area contributed by atoms with E-state index >= 15 is 0 Å². The minimum atomic E-state index is -0.00954. The molecule has 1 heterocycles. The van der Waals surface area contributed by atoms with Crippen LogP contribution in [0.5, 0.6) is 0 Å². The van der Waals surface area contributed by atoms with Gasteiger partial charge >= 0.3 is 0 Å². The van der Waals surface area contributed by atoms with Crippen molar-refractivity contribution in [3.05, 3.63) is 77.5 Å². The highest BCUT2D eigenvalue weighted by Crippen LogP contribution is 2.24. The lowest BCUT2D eigenvalue weighted by Gasteiger charge is -2.15. The Labute approximate surface area is 119 Å². The molecule has 2 heteroatoms. The molecular weight excluding hydrogens is 244 g/mol. The Morgan fingerprint density at radius 3 is 2.75 bits per heavy atom. The highest BCUT2D eigenvalue weighted by atomic mass is 14.7. The summed E-state index contributed by atoms with van der Waals surface area (Å²) in [6.45, 7) is 2.11. The molecule has 1 aromatic heterocycles. The summed E-state index contributed by atoms with van der Waals surface area (Å²) >= 11 is 0. The van der Waals surface area contributed by atoms with Gasteiger partial charge in [-0.1, -0.05) is 48.0 Å². The molecule has 0 radical (unpaired) electrons. The number of nitrogens with two attached hydrogens (primary N) is 1. The molecule has 0 amide bonds. The second-order valence-corrected chi connectivity index (χ2v) is 5.22. The highest BCUT2D eigenvalue weighted by Gasteiger charge is 2.11. The number of nitrogens with zero attached hydrogens (tertiary/aromatic N) is 1. The number of aromatic nitrogens is 1. The lowest BCUT2D eigenvalue weighted by Crippen LogP contribution is -2.14. The minimum Gasteiger partial charge on any atom is -0.324 e. The molecule has 0 spiro atoms. The van der Waals surface area contributed by atoms with E-state index in [9.17, 15) is 0 Å². The maximum absolute atomic E-state index is 6.42. The van der Waals surface area contributed by atoms with Gasteiger partial charge in [0, 0.05) is 17.6 Å². The van der Waals surface area contributed by atoms with Gasteiger partial charge in [0.2, 0.25) is 0 Å². The summed E-state index contributed by atoms with van der Waals surface area (Å²) in [5, 5.41) is 1.15. The van der Waals surface area contributed by atoms with E-state index in [0.717, 1.165) is 22.9 Å². The first-order valence-electron chi connectivity index (χ1n) is 6.89. The van der Waals surface area contributed by atoms with Gasteiger partial charge in [0.15, 0.2) is 0 Å². The number of pyridine rings is 1. The van der Waals surface area contributed by atoms with Crippen molar-refractivity contribution in [3.63, 3.8) is 0 Å². The predicted octanol–water partition coefficient (Wildman–Crippen LogP) is 3.79. The van der Waals surface area contributed by atoms with Gasteiger partial charge in [-0.3, -0.25) is 4.98 Å². The third-order valence-electron chi connectivity index (χ3n) is 3.62. The summed E-state index contributed by atoms with van der Waals surface area (Å²) in [5.41, 5.74) is 11.1. The van der Waals surface area contributed by atoms with Crippen LogP contribution in [0.15, 0.2) is 60.8 Å². The Bertz CT molecular complexity index is 729. The second-order valence-electron chi connectivity index (χ2n) is 5.22. The normalized spacial score (nSPS) is 12.5. The average molecular weight is 262 g/mol. The number of hydrogen-bond donors (Lipinski definition) is 1. The highest BCUT2D eigenvalue weighted by molar-refractivity contribution is 5.82. The maximum atomic E-state index is 6.42. The summed E-state index contributed by atoms with van der Waals surface area (Å²) in [7, 11) is 0. The number of hydrogen-bond acceptors (Lipinski definition) is 2. The smallest absolute Gasteiger partial charge is 0.0705 e. The molecule has 3 aromatic rings. The van der Waals surface area contributed by atoms with E-state index in [2.05, 4.69) is 42.2 Å². The van der Waals surface area contributed by atoms with Gasteiger partial charge in [-0.25, -0.2) is 0 Å². The minimum absolute atomic E-state index is 0.00954. The van der Waals surface area contributed by atoms with Gasteiger partial charge in [-0.15, -0.1) is 0 Å². The fourth-order valence-electron chi connectivity index (χ4n) is 2.64. The zero-order valence-corrected chi connectivity index (χ0v) is 11.6. The standard InChI is InChI=1S/C18H18N2/c1-13-5-4-6-14(11-13)12-17(19)15-9-10-20-18-8-3-2-7-16(15)18/h2-11,17H,12,19H2,1H3. The molecule has 0 aliphatic rings. The summed E-state index contributed by atoms with van der Waals surface area (Å²) in [4.78, 5) is 4.39. The van der Waals surface area contributed by atoms with Crippen molar-refractivity contribution in [1.82, 2.24) is 4.98 Å². The third-order valence-corrected chi connectivity index (χ3v) is 3.62. The molecule has 3 rings (SSSR count). The Morgan fingerprint density at radius 2 is 1.90 bits per heavy atom. The van der Waals surface area contributed by atoms with Gasteiger partial charge < -0.3 is 5.73 Å². The molecule has 0 saturated heterocycles. The lowest BCUT2D eigenvalue weighted by atomic mass is 9.96. The van der Waals surface area contributed by atoms with Gasteiger partial charge in [0.05, 0.1) is 5.52 Å². The van der Waals surface area contributed by atoms with E-state index in [1.165, 1.54) is 11.1 Å². The summed E-state index contributed by atoms with van der Waals surface area (Å²) in [6.07, 6.45) is 2.68. The van der Waals surface area contributed by atoms with E-state index < -0.39 is 0 Å². The lowest BCUT2D eigenvalue weighted by molar-refractivity contribution is 0.727. The topological polar surface area (TPSA) is 38.9 Å². The molecular formula is C18H18N2. The second kappa shape index (κ2) is 5.43. The maximum Gasteiger partial charge on any atom is 0.0705 e. The molecule has 1 atom stereocenters. The average Bonchev–Trinajstić information content (AvgIpc) is 2.46. The molecule has 2 aromatic carbocycles. The third kappa shape index (κ3) is 2.56. The molecule has 20 heavy (non-hydrogen) atoms. The van der Waals surface area contributed by atoms with Gasteiger partial charge in [0.1, 0.15) is 0 Å². The van der Waals surface area contributed by atoms with Crippen molar-refractivity contribution in [2.75, 3.05) is 0 Å². The summed E-state index contributed by atoms with van der Waals surface area (Å²) in [6, 6.07) is 18.7. The zero-order valence-electron chi connectivity index (χ0n) is 11.6. The van der Waals surface area contributed by atoms with Crippen molar-refractivity contribution in [3.8, 4) is 0 Å². The van der Waals surface area contributed by atoms with Gasteiger partial charge in [-0.2, -0.15) is 0 Å². The Morgan fingerprint density at radius 1 is 1.05 bits per heavy atom. The van der Waals surface area contributed by atoms with Crippen LogP contribution in [0.25, 0.3) is 10.9 Å². The van der Waals surface area contributed by atoms with Crippen LogP contribution in [-0.4, -0.2) is 4.98 Å². The fraction of sp³-hybridized carbons (Fsp3) is 0.167. The SMILES string of the molecule is Cc1cccc(CC(N)c2ccnc3ccccc23)c1. The van der Waals surface area contributed by atoms with Crippen LogP contribution in [0.1, 0.15) is 22.7 Å². The predicted molar refractivity (Wildman–Crippen MR) is 83.6 cm³/mol. The quantitative estimate of drug-likeness (QED) is 0.780. The van der Waals surface area contributed by atoms with Gasteiger partial charge in [-0.05, 0) is 36.6 Å². The molecule has 2 nitrogen and oxygen atoms in total. The van der Waals surface area contributed by atoms with Crippen molar-refractivity contribution >= 4 is 10.9 Å². The van der Waals surface area contributed by atoms with E-state index in [-0.39, 0.29) is 6.04 Å². The Kier molecular flexibility index (Phi) is 3.48. The van der Waals surface area contributed by atoms with Crippen molar-refractivity contribution < 1.29 is 0 Å². The largest absolute Gasteiger partial charge is 0.324 e. The van der Waals surface area contributed by atoms with E-state index in [0.29, 0.717) is 0 Å². The number of para-hydroxylation sites is 1. The molecule has 2 N–H and O–H groups in total. The van der Waals surface area contributed by atoms with E-state index in [4.69, 9.17) is 5.73 Å². The molecule has 0 aliphatic carbocycles. The Hall–Kier alpha value is -2.19. The number of fused-ring (bicyclic) bond motifs is 1. The number of benzene rings is 2. The summed E-state index contributed by atoms with van der Waals surface area (Å²) in [5.74, 6) is 0. The molecule has 0 saturated carbocycles. The molecule has 0 aliphatic heterocycles. The van der Waals surface area contributed by atoms with Crippen LogP contribution in [0.4, 0.5) is 0 Å².